The Balaban J connectivity index is 2.86. The molecule has 0 aliphatic rings. The molecule has 2 rings (SSSR count). The van der Waals surface area contributed by atoms with E-state index in [1.165, 1.54) is 0 Å². The predicted molar refractivity (Wildman–Crippen MR) is 77.0 cm³/mol. The summed E-state index contributed by atoms with van der Waals surface area (Å²) in [6.07, 6.45) is 0. The van der Waals surface area contributed by atoms with E-state index in [-0.39, 0.29) is 11.8 Å². The second-order valence-electron chi connectivity index (χ2n) is 5.20. The Morgan fingerprint density at radius 3 is 2.53 bits per heavy atom. The monoisotopic (exact) mass is 257 g/mol. The molecule has 4 nitrogen and oxygen atoms in total. The first-order chi connectivity index (χ1) is 8.93. The number of hydrazine groups is 1. The van der Waals surface area contributed by atoms with Crippen LogP contribution < -0.4 is 11.3 Å². The van der Waals surface area contributed by atoms with Crippen LogP contribution in [0.15, 0.2) is 18.2 Å². The molecular formula is C15H19N3O. The van der Waals surface area contributed by atoms with E-state index in [4.69, 9.17) is 5.84 Å². The highest BCUT2D eigenvalue weighted by Gasteiger charge is 2.15. The van der Waals surface area contributed by atoms with Crippen LogP contribution in [0.2, 0.25) is 0 Å². The molecule has 0 bridgehead atoms. The highest BCUT2D eigenvalue weighted by atomic mass is 16.2. The molecule has 0 aliphatic carbocycles. The number of pyridine rings is 1. The average Bonchev–Trinajstić information content (AvgIpc) is 2.36. The molecule has 1 aromatic heterocycles. The topological polar surface area (TPSA) is 68.0 Å². The van der Waals surface area contributed by atoms with E-state index in [0.29, 0.717) is 5.56 Å². The molecule has 3 N–H and O–H groups in total. The molecule has 2 aromatic rings. The number of nitrogens with one attached hydrogen (secondary N) is 1. The van der Waals surface area contributed by atoms with E-state index >= 15 is 0 Å². The van der Waals surface area contributed by atoms with Crippen molar-refractivity contribution in [2.75, 3.05) is 0 Å². The van der Waals surface area contributed by atoms with Crippen LogP contribution in [0.4, 0.5) is 0 Å². The number of amides is 1. The Morgan fingerprint density at radius 2 is 1.95 bits per heavy atom. The summed E-state index contributed by atoms with van der Waals surface area (Å²) in [5.74, 6) is 5.26. The van der Waals surface area contributed by atoms with Gasteiger partial charge in [-0.05, 0) is 37.5 Å². The van der Waals surface area contributed by atoms with Crippen molar-refractivity contribution in [3.8, 4) is 0 Å². The minimum absolute atomic E-state index is 0.259. The van der Waals surface area contributed by atoms with Crippen molar-refractivity contribution in [1.82, 2.24) is 10.4 Å². The Labute approximate surface area is 113 Å². The van der Waals surface area contributed by atoms with Crippen molar-refractivity contribution in [3.63, 3.8) is 0 Å². The van der Waals surface area contributed by atoms with Gasteiger partial charge in [0.15, 0.2) is 0 Å². The summed E-state index contributed by atoms with van der Waals surface area (Å²) < 4.78 is 0. The zero-order valence-corrected chi connectivity index (χ0v) is 11.7. The van der Waals surface area contributed by atoms with Gasteiger partial charge in [-0.1, -0.05) is 25.5 Å². The van der Waals surface area contributed by atoms with Crippen LogP contribution in [0.25, 0.3) is 10.9 Å². The van der Waals surface area contributed by atoms with Gasteiger partial charge in [0.2, 0.25) is 0 Å². The molecule has 0 saturated carbocycles. The number of nitrogen functional groups attached to an aromatic ring is 1. The standard InChI is InChI=1S/C15H19N3O/c1-8(2)13-7-12(15(19)18-16)11-6-9(3)5-10(4)14(11)17-13/h5-8H,16H2,1-4H3,(H,18,19). The van der Waals surface area contributed by atoms with Crippen LogP contribution in [0.3, 0.4) is 0 Å². The lowest BCUT2D eigenvalue weighted by Gasteiger charge is -2.13. The normalized spacial score (nSPS) is 11.1. The molecule has 100 valence electrons. The van der Waals surface area contributed by atoms with E-state index in [0.717, 1.165) is 27.7 Å². The summed E-state index contributed by atoms with van der Waals surface area (Å²) in [7, 11) is 0. The second kappa shape index (κ2) is 4.97. The van der Waals surface area contributed by atoms with Crippen molar-refractivity contribution in [2.24, 2.45) is 5.84 Å². The molecule has 0 aliphatic heterocycles. The number of fused-ring (bicyclic) bond motifs is 1. The van der Waals surface area contributed by atoms with Gasteiger partial charge in [-0.15, -0.1) is 0 Å². The quantitative estimate of drug-likeness (QED) is 0.493. The first-order valence-corrected chi connectivity index (χ1v) is 6.37. The van der Waals surface area contributed by atoms with Gasteiger partial charge in [-0.2, -0.15) is 0 Å². The number of aryl methyl sites for hydroxylation is 2. The van der Waals surface area contributed by atoms with Crippen LogP contribution in [0.1, 0.15) is 46.9 Å². The maximum atomic E-state index is 12.0. The molecule has 0 fully saturated rings. The fourth-order valence-corrected chi connectivity index (χ4v) is 2.26. The minimum Gasteiger partial charge on any atom is -0.290 e. The number of hydrogen-bond acceptors (Lipinski definition) is 3. The van der Waals surface area contributed by atoms with Crippen LogP contribution in [0.5, 0.6) is 0 Å². The summed E-state index contributed by atoms with van der Waals surface area (Å²) in [6, 6.07) is 5.88. The van der Waals surface area contributed by atoms with Crippen LogP contribution in [0, 0.1) is 13.8 Å². The molecule has 0 unspecified atom stereocenters. The average molecular weight is 257 g/mol. The third-order valence-electron chi connectivity index (χ3n) is 3.24. The van der Waals surface area contributed by atoms with Gasteiger partial charge in [0.25, 0.3) is 5.91 Å². The van der Waals surface area contributed by atoms with Crippen molar-refractivity contribution < 1.29 is 4.79 Å². The van der Waals surface area contributed by atoms with Crippen molar-refractivity contribution >= 4 is 16.8 Å². The minimum atomic E-state index is -0.278. The number of rotatable bonds is 2. The van der Waals surface area contributed by atoms with E-state index in [1.54, 1.807) is 0 Å². The second-order valence-corrected chi connectivity index (χ2v) is 5.20. The number of nitrogens with two attached hydrogens (primary N) is 1. The van der Waals surface area contributed by atoms with Crippen molar-refractivity contribution in [1.29, 1.82) is 0 Å². The van der Waals surface area contributed by atoms with Crippen molar-refractivity contribution in [3.05, 3.63) is 40.6 Å². The lowest BCUT2D eigenvalue weighted by Crippen LogP contribution is -2.30. The largest absolute Gasteiger partial charge is 0.290 e. The van der Waals surface area contributed by atoms with E-state index in [9.17, 15) is 4.79 Å². The smallest absolute Gasteiger partial charge is 0.265 e. The SMILES string of the molecule is Cc1cc(C)c2nc(C(C)C)cc(C(=O)NN)c2c1. The lowest BCUT2D eigenvalue weighted by atomic mass is 9.98. The van der Waals surface area contributed by atoms with Crippen LogP contribution in [-0.2, 0) is 0 Å². The van der Waals surface area contributed by atoms with Gasteiger partial charge in [-0.25, -0.2) is 5.84 Å². The predicted octanol–water partition coefficient (Wildman–Crippen LogP) is 2.58. The highest BCUT2D eigenvalue weighted by Crippen LogP contribution is 2.26. The Kier molecular flexibility index (Phi) is 3.53. The molecule has 19 heavy (non-hydrogen) atoms. The number of benzene rings is 1. The first kappa shape index (κ1) is 13.5. The molecule has 4 heteroatoms. The van der Waals surface area contributed by atoms with Gasteiger partial charge in [0.1, 0.15) is 0 Å². The number of carbonyl (C=O) groups is 1. The molecule has 0 atom stereocenters. The van der Waals surface area contributed by atoms with E-state index in [1.807, 2.05) is 26.0 Å². The molecule has 0 spiro atoms. The van der Waals surface area contributed by atoms with Gasteiger partial charge >= 0.3 is 0 Å². The molecular weight excluding hydrogens is 238 g/mol. The third kappa shape index (κ3) is 2.44. The molecule has 1 aromatic carbocycles. The van der Waals surface area contributed by atoms with Gasteiger partial charge in [0, 0.05) is 11.1 Å². The summed E-state index contributed by atoms with van der Waals surface area (Å²) in [5, 5.41) is 0.852. The van der Waals surface area contributed by atoms with E-state index in [2.05, 4.69) is 30.3 Å². The summed E-state index contributed by atoms with van der Waals surface area (Å²) in [4.78, 5) is 16.6. The summed E-state index contributed by atoms with van der Waals surface area (Å²) >= 11 is 0. The summed E-state index contributed by atoms with van der Waals surface area (Å²) in [6.45, 7) is 8.13. The number of carbonyl (C=O) groups excluding carboxylic acids is 1. The number of aromatic nitrogens is 1. The van der Waals surface area contributed by atoms with Gasteiger partial charge in [-0.3, -0.25) is 15.2 Å². The zero-order chi connectivity index (χ0) is 14.2. The molecule has 1 amide bonds. The Bertz CT molecular complexity index is 647. The Hall–Kier alpha value is -1.94. The molecule has 0 saturated heterocycles. The van der Waals surface area contributed by atoms with E-state index < -0.39 is 0 Å². The Morgan fingerprint density at radius 1 is 1.26 bits per heavy atom. The van der Waals surface area contributed by atoms with Gasteiger partial charge < -0.3 is 0 Å². The zero-order valence-electron chi connectivity index (χ0n) is 11.7. The third-order valence-corrected chi connectivity index (χ3v) is 3.24. The number of hydrogen-bond donors (Lipinski definition) is 2. The lowest BCUT2D eigenvalue weighted by molar-refractivity contribution is 0.0955. The van der Waals surface area contributed by atoms with Crippen LogP contribution in [-0.4, -0.2) is 10.9 Å². The highest BCUT2D eigenvalue weighted by molar-refractivity contribution is 6.06. The summed E-state index contributed by atoms with van der Waals surface area (Å²) in [5.41, 5.74) is 6.75. The fraction of sp³-hybridized carbons (Fsp3) is 0.333. The van der Waals surface area contributed by atoms with Crippen molar-refractivity contribution in [2.45, 2.75) is 33.6 Å². The first-order valence-electron chi connectivity index (χ1n) is 6.37. The molecule has 0 radical (unpaired) electrons. The van der Waals surface area contributed by atoms with Crippen LogP contribution >= 0.6 is 0 Å². The number of nitrogens with zero attached hydrogens (tertiary/aromatic N) is 1. The maximum Gasteiger partial charge on any atom is 0.265 e. The fourth-order valence-electron chi connectivity index (χ4n) is 2.26. The molecule has 1 heterocycles. The maximum absolute atomic E-state index is 12.0. The van der Waals surface area contributed by atoms with Gasteiger partial charge in [0.05, 0.1) is 11.1 Å².